The number of nitriles is 1. The molecule has 2 aromatic rings. The van der Waals surface area contributed by atoms with Gasteiger partial charge in [0.2, 0.25) is 0 Å². The minimum atomic E-state index is -0.772. The van der Waals surface area contributed by atoms with E-state index in [2.05, 4.69) is 47.8 Å². The summed E-state index contributed by atoms with van der Waals surface area (Å²) in [7, 11) is 0. The molecule has 0 fully saturated rings. The number of carbonyl (C=O) groups excluding carboxylic acids is 1. The average Bonchev–Trinajstić information content (AvgIpc) is 2.64. The lowest BCUT2D eigenvalue weighted by atomic mass is 10.3. The number of rotatable bonds is 1. The zero-order valence-electron chi connectivity index (χ0n) is 9.83. The SMILES string of the molecule is N#Cc1c(Br)c(Br)n(C(=O)Oc2c(Cl)cccc2Cl)c1Br. The van der Waals surface area contributed by atoms with Gasteiger partial charge in [-0.15, -0.1) is 0 Å². The van der Waals surface area contributed by atoms with E-state index in [0.717, 1.165) is 4.57 Å². The third-order valence-electron chi connectivity index (χ3n) is 2.40. The molecule has 0 aliphatic rings. The van der Waals surface area contributed by atoms with E-state index < -0.39 is 6.09 Å². The summed E-state index contributed by atoms with van der Waals surface area (Å²) in [6, 6.07) is 6.69. The van der Waals surface area contributed by atoms with Gasteiger partial charge in [0.1, 0.15) is 20.8 Å². The van der Waals surface area contributed by atoms with Crippen molar-refractivity contribution < 1.29 is 9.53 Å². The number of hydrogen-bond acceptors (Lipinski definition) is 3. The van der Waals surface area contributed by atoms with Crippen LogP contribution in [0.25, 0.3) is 0 Å². The van der Waals surface area contributed by atoms with Crippen LogP contribution in [0.15, 0.2) is 31.9 Å². The van der Waals surface area contributed by atoms with Crippen LogP contribution in [0.1, 0.15) is 5.56 Å². The highest BCUT2D eigenvalue weighted by Gasteiger charge is 2.24. The highest BCUT2D eigenvalue weighted by Crippen LogP contribution is 2.37. The van der Waals surface area contributed by atoms with E-state index in [1.54, 1.807) is 18.2 Å². The summed E-state index contributed by atoms with van der Waals surface area (Å²) in [6.07, 6.45) is -0.772. The first-order valence-corrected chi connectivity index (χ1v) is 8.33. The molecule has 0 N–H and O–H groups in total. The smallest absolute Gasteiger partial charge is 0.406 e. The van der Waals surface area contributed by atoms with Gasteiger partial charge in [0.05, 0.1) is 14.5 Å². The fraction of sp³-hybridized carbons (Fsp3) is 0. The second-order valence-corrected chi connectivity index (χ2v) is 6.75. The van der Waals surface area contributed by atoms with Crippen molar-refractivity contribution in [2.45, 2.75) is 0 Å². The molecular formula is C12H3Br3Cl2N2O2. The number of aromatic nitrogens is 1. The summed E-state index contributed by atoms with van der Waals surface area (Å²) in [4.78, 5) is 12.3. The topological polar surface area (TPSA) is 55.0 Å². The Balaban J connectivity index is 2.46. The maximum Gasteiger partial charge on any atom is 0.425 e. The first-order valence-electron chi connectivity index (χ1n) is 5.20. The third-order valence-corrected chi connectivity index (χ3v) is 5.80. The molecule has 4 nitrogen and oxygen atoms in total. The summed E-state index contributed by atoms with van der Waals surface area (Å²) in [5.41, 5.74) is 0.254. The lowest BCUT2D eigenvalue weighted by molar-refractivity contribution is 0.201. The van der Waals surface area contributed by atoms with Crippen molar-refractivity contribution in [1.82, 2.24) is 4.57 Å². The number of para-hydroxylation sites is 1. The first kappa shape index (κ1) is 16.8. The number of hydrogen-bond donors (Lipinski definition) is 0. The van der Waals surface area contributed by atoms with Crippen molar-refractivity contribution >= 4 is 77.1 Å². The van der Waals surface area contributed by atoms with Gasteiger partial charge in [-0.25, -0.2) is 9.36 Å². The van der Waals surface area contributed by atoms with Gasteiger partial charge in [-0.3, -0.25) is 0 Å². The highest BCUT2D eigenvalue weighted by atomic mass is 79.9. The molecule has 21 heavy (non-hydrogen) atoms. The molecule has 1 heterocycles. The number of benzene rings is 1. The number of carbonyl (C=O) groups is 1. The Morgan fingerprint density at radius 1 is 1.19 bits per heavy atom. The Bertz CT molecular complexity index is 764. The van der Waals surface area contributed by atoms with Gasteiger partial charge >= 0.3 is 6.09 Å². The first-order chi connectivity index (χ1) is 9.88. The molecule has 0 spiro atoms. The molecule has 0 aliphatic carbocycles. The molecule has 0 bridgehead atoms. The fourth-order valence-electron chi connectivity index (χ4n) is 1.46. The van der Waals surface area contributed by atoms with Gasteiger partial charge in [-0.2, -0.15) is 5.26 Å². The molecule has 0 unspecified atom stereocenters. The molecule has 1 aromatic heterocycles. The molecule has 0 radical (unpaired) electrons. The van der Waals surface area contributed by atoms with Crippen molar-refractivity contribution in [3.63, 3.8) is 0 Å². The molecule has 0 amide bonds. The Kier molecular flexibility index (Phi) is 5.38. The van der Waals surface area contributed by atoms with Gasteiger partial charge < -0.3 is 4.74 Å². The van der Waals surface area contributed by atoms with Gasteiger partial charge in [0.25, 0.3) is 0 Å². The molecule has 0 atom stereocenters. The number of nitrogens with zero attached hydrogens (tertiary/aromatic N) is 2. The molecule has 0 saturated heterocycles. The predicted octanol–water partition coefficient (Wildman–Crippen LogP) is 6.00. The Hall–Kier alpha value is -0.520. The monoisotopic (exact) mass is 514 g/mol. The molecule has 1 aromatic carbocycles. The highest BCUT2D eigenvalue weighted by molar-refractivity contribution is 9.13. The van der Waals surface area contributed by atoms with Crippen LogP contribution in [0.3, 0.4) is 0 Å². The molecule has 108 valence electrons. The van der Waals surface area contributed by atoms with E-state index in [1.807, 2.05) is 6.07 Å². The lowest BCUT2D eigenvalue weighted by Crippen LogP contribution is -2.17. The van der Waals surface area contributed by atoms with Gasteiger partial charge in [-0.05, 0) is 59.9 Å². The molecular weight excluding hydrogens is 515 g/mol. The molecule has 9 heteroatoms. The van der Waals surface area contributed by atoms with Crippen molar-refractivity contribution in [3.05, 3.63) is 47.5 Å². The van der Waals surface area contributed by atoms with E-state index in [1.165, 1.54) is 0 Å². The fourth-order valence-corrected chi connectivity index (χ4v) is 4.02. The van der Waals surface area contributed by atoms with Crippen molar-refractivity contribution in [2.75, 3.05) is 0 Å². The van der Waals surface area contributed by atoms with Crippen molar-refractivity contribution in [1.29, 1.82) is 5.26 Å². The van der Waals surface area contributed by atoms with Crippen LogP contribution >= 0.6 is 71.0 Å². The average molecular weight is 518 g/mol. The van der Waals surface area contributed by atoms with E-state index in [4.69, 9.17) is 33.2 Å². The quantitative estimate of drug-likeness (QED) is 0.466. The van der Waals surface area contributed by atoms with E-state index in [9.17, 15) is 4.79 Å². The molecule has 2 rings (SSSR count). The van der Waals surface area contributed by atoms with Gasteiger partial charge in [0.15, 0.2) is 5.75 Å². The van der Waals surface area contributed by atoms with Crippen LogP contribution in [-0.4, -0.2) is 10.7 Å². The number of halogens is 5. The minimum absolute atomic E-state index is 0.0490. The normalized spacial score (nSPS) is 10.3. The number of ether oxygens (including phenoxy) is 1. The Morgan fingerprint density at radius 2 is 1.76 bits per heavy atom. The molecule has 0 aliphatic heterocycles. The van der Waals surface area contributed by atoms with Gasteiger partial charge in [-0.1, -0.05) is 29.3 Å². The van der Waals surface area contributed by atoms with Crippen molar-refractivity contribution in [2.24, 2.45) is 0 Å². The van der Waals surface area contributed by atoms with Gasteiger partial charge in [0, 0.05) is 0 Å². The largest absolute Gasteiger partial charge is 0.425 e. The summed E-state index contributed by atoms with van der Waals surface area (Å²) in [6.45, 7) is 0. The van der Waals surface area contributed by atoms with E-state index >= 15 is 0 Å². The molecule has 0 saturated carbocycles. The second kappa shape index (κ2) is 6.71. The zero-order chi connectivity index (χ0) is 15.7. The Morgan fingerprint density at radius 3 is 2.24 bits per heavy atom. The third kappa shape index (κ3) is 3.15. The van der Waals surface area contributed by atoms with Crippen LogP contribution in [0.2, 0.25) is 10.0 Å². The van der Waals surface area contributed by atoms with Crippen LogP contribution in [0.4, 0.5) is 4.79 Å². The zero-order valence-corrected chi connectivity index (χ0v) is 16.1. The maximum absolute atomic E-state index is 12.3. The summed E-state index contributed by atoms with van der Waals surface area (Å²) >= 11 is 21.5. The van der Waals surface area contributed by atoms with Crippen LogP contribution in [0, 0.1) is 11.3 Å². The van der Waals surface area contributed by atoms with E-state index in [0.29, 0.717) is 9.08 Å². The van der Waals surface area contributed by atoms with Crippen LogP contribution in [0.5, 0.6) is 5.75 Å². The second-order valence-electron chi connectivity index (χ2n) is 3.64. The summed E-state index contributed by atoms with van der Waals surface area (Å²) in [5.74, 6) is 0.0490. The predicted molar refractivity (Wildman–Crippen MR) is 90.1 cm³/mol. The van der Waals surface area contributed by atoms with E-state index in [-0.39, 0.29) is 26.0 Å². The Labute approximate surface area is 155 Å². The maximum atomic E-state index is 12.3. The summed E-state index contributed by atoms with van der Waals surface area (Å²) in [5, 5.41) is 9.47. The van der Waals surface area contributed by atoms with Crippen LogP contribution < -0.4 is 4.74 Å². The lowest BCUT2D eigenvalue weighted by Gasteiger charge is -2.09. The minimum Gasteiger partial charge on any atom is -0.406 e. The van der Waals surface area contributed by atoms with Crippen molar-refractivity contribution in [3.8, 4) is 11.8 Å². The summed E-state index contributed by atoms with van der Waals surface area (Å²) < 4.78 is 7.34. The standard InChI is InChI=1S/C12H3Br3Cl2N2O2/c13-8-5(4-18)10(14)19(11(8)15)12(20)21-9-6(16)2-1-3-7(9)17/h1-3H. The van der Waals surface area contributed by atoms with Crippen LogP contribution in [-0.2, 0) is 0 Å².